The van der Waals surface area contributed by atoms with Gasteiger partial charge in [-0.3, -0.25) is 4.79 Å². The zero-order valence-electron chi connectivity index (χ0n) is 10.7. The summed E-state index contributed by atoms with van der Waals surface area (Å²) in [6.45, 7) is 1.91. The molecule has 0 radical (unpaired) electrons. The van der Waals surface area contributed by atoms with Gasteiger partial charge in [-0.2, -0.15) is 0 Å². The number of carboxylic acids is 1. The van der Waals surface area contributed by atoms with Crippen LogP contribution in [0.5, 0.6) is 5.75 Å². The Kier molecular flexibility index (Phi) is 2.91. The molecule has 1 aliphatic rings. The summed E-state index contributed by atoms with van der Waals surface area (Å²) in [7, 11) is 1.61. The van der Waals surface area contributed by atoms with E-state index < -0.39 is 5.97 Å². The smallest absolute Gasteiger partial charge is 0.307 e. The van der Waals surface area contributed by atoms with Gasteiger partial charge in [-0.15, -0.1) is 0 Å². The fraction of sp³-hybridized carbons (Fsp3) is 0.357. The van der Waals surface area contributed by atoms with Crippen molar-refractivity contribution in [3.8, 4) is 5.75 Å². The highest BCUT2D eigenvalue weighted by atomic mass is 16.5. The molecule has 2 heterocycles. The van der Waals surface area contributed by atoms with Gasteiger partial charge in [-0.05, 0) is 23.8 Å². The summed E-state index contributed by atoms with van der Waals surface area (Å²) in [4.78, 5) is 11.0. The molecule has 1 fully saturated rings. The van der Waals surface area contributed by atoms with Gasteiger partial charge in [0, 0.05) is 36.2 Å². The van der Waals surface area contributed by atoms with Crippen LogP contribution in [-0.2, 0) is 17.8 Å². The molecule has 3 rings (SSSR count). The number of ether oxygens (including phenoxy) is 1. The molecule has 1 aromatic heterocycles. The van der Waals surface area contributed by atoms with Crippen LogP contribution >= 0.6 is 0 Å². The van der Waals surface area contributed by atoms with E-state index in [0.29, 0.717) is 6.04 Å². The Morgan fingerprint density at radius 2 is 2.37 bits per heavy atom. The van der Waals surface area contributed by atoms with Gasteiger partial charge >= 0.3 is 5.97 Å². The van der Waals surface area contributed by atoms with Crippen molar-refractivity contribution in [3.63, 3.8) is 0 Å². The van der Waals surface area contributed by atoms with Crippen LogP contribution in [0.4, 0.5) is 0 Å². The standard InChI is InChI=1S/C14H16N2O3/c1-19-11-2-3-13-12(5-11)9(4-14(17)18)7-16(13)8-10-6-15-10/h2-3,5,7,10,15H,4,6,8H2,1H3,(H,17,18). The SMILES string of the molecule is COc1ccc2c(c1)c(CC(=O)O)cn2CC1CN1. The molecule has 0 aliphatic carbocycles. The molecule has 0 amide bonds. The molecule has 1 atom stereocenters. The number of fused-ring (bicyclic) bond motifs is 1. The molecule has 100 valence electrons. The third kappa shape index (κ3) is 2.42. The molecule has 1 saturated heterocycles. The zero-order valence-corrected chi connectivity index (χ0v) is 10.7. The molecule has 2 N–H and O–H groups in total. The van der Waals surface area contributed by atoms with Crippen LogP contribution < -0.4 is 10.1 Å². The third-order valence-electron chi connectivity index (χ3n) is 3.42. The molecule has 0 saturated carbocycles. The molecule has 0 bridgehead atoms. The first-order valence-corrected chi connectivity index (χ1v) is 6.28. The zero-order chi connectivity index (χ0) is 13.4. The number of hydrogen-bond acceptors (Lipinski definition) is 3. The summed E-state index contributed by atoms with van der Waals surface area (Å²) in [5, 5.41) is 13.2. The second kappa shape index (κ2) is 4.59. The summed E-state index contributed by atoms with van der Waals surface area (Å²) in [5.41, 5.74) is 1.90. The predicted molar refractivity (Wildman–Crippen MR) is 71.6 cm³/mol. The molecule has 1 aromatic carbocycles. The summed E-state index contributed by atoms with van der Waals surface area (Å²) in [6, 6.07) is 6.31. The van der Waals surface area contributed by atoms with Gasteiger partial charge < -0.3 is 19.7 Å². The van der Waals surface area contributed by atoms with Crippen LogP contribution in [0.1, 0.15) is 5.56 Å². The van der Waals surface area contributed by atoms with E-state index in [0.717, 1.165) is 35.3 Å². The largest absolute Gasteiger partial charge is 0.497 e. The monoisotopic (exact) mass is 260 g/mol. The minimum absolute atomic E-state index is 0.0365. The Balaban J connectivity index is 2.07. The number of rotatable bonds is 5. The second-order valence-electron chi connectivity index (χ2n) is 4.87. The first-order valence-electron chi connectivity index (χ1n) is 6.28. The van der Waals surface area contributed by atoms with Gasteiger partial charge in [0.2, 0.25) is 0 Å². The molecule has 2 aromatic rings. The minimum Gasteiger partial charge on any atom is -0.497 e. The number of benzene rings is 1. The fourth-order valence-electron chi connectivity index (χ4n) is 2.38. The molecule has 1 aliphatic heterocycles. The van der Waals surface area contributed by atoms with Crippen LogP contribution in [0.3, 0.4) is 0 Å². The van der Waals surface area contributed by atoms with E-state index in [1.54, 1.807) is 7.11 Å². The number of methoxy groups -OCH3 is 1. The van der Waals surface area contributed by atoms with Gasteiger partial charge in [0.1, 0.15) is 5.75 Å². The van der Waals surface area contributed by atoms with E-state index in [1.165, 1.54) is 0 Å². The number of nitrogens with one attached hydrogen (secondary N) is 1. The Hall–Kier alpha value is -2.01. The summed E-state index contributed by atoms with van der Waals surface area (Å²) in [6.07, 6.45) is 1.98. The van der Waals surface area contributed by atoms with Crippen molar-refractivity contribution in [1.29, 1.82) is 0 Å². The number of nitrogens with zero attached hydrogens (tertiary/aromatic N) is 1. The van der Waals surface area contributed by atoms with Crippen LogP contribution in [0.25, 0.3) is 10.9 Å². The van der Waals surface area contributed by atoms with E-state index in [9.17, 15) is 4.79 Å². The Labute approximate surface area is 110 Å². The van der Waals surface area contributed by atoms with E-state index in [4.69, 9.17) is 9.84 Å². The average molecular weight is 260 g/mol. The van der Waals surface area contributed by atoms with Crippen LogP contribution in [0.2, 0.25) is 0 Å². The molecular formula is C14H16N2O3. The van der Waals surface area contributed by atoms with Gasteiger partial charge in [0.15, 0.2) is 0 Å². The van der Waals surface area contributed by atoms with E-state index in [2.05, 4.69) is 9.88 Å². The molecule has 19 heavy (non-hydrogen) atoms. The quantitative estimate of drug-likeness (QED) is 0.793. The van der Waals surface area contributed by atoms with Crippen LogP contribution in [-0.4, -0.2) is 35.3 Å². The normalized spacial score (nSPS) is 17.6. The van der Waals surface area contributed by atoms with Crippen LogP contribution in [0, 0.1) is 0 Å². The van der Waals surface area contributed by atoms with Crippen LogP contribution in [0.15, 0.2) is 24.4 Å². The molecular weight excluding hydrogens is 244 g/mol. The number of aliphatic carboxylic acids is 1. The predicted octanol–water partition coefficient (Wildman–Crippen LogP) is 1.25. The van der Waals surface area contributed by atoms with E-state index >= 15 is 0 Å². The maximum Gasteiger partial charge on any atom is 0.307 e. The first kappa shape index (κ1) is 12.0. The van der Waals surface area contributed by atoms with Crippen molar-refractivity contribution in [2.45, 2.75) is 19.0 Å². The fourth-order valence-corrected chi connectivity index (χ4v) is 2.38. The van der Waals surface area contributed by atoms with Gasteiger partial charge in [0.05, 0.1) is 13.5 Å². The highest BCUT2D eigenvalue weighted by Gasteiger charge is 2.22. The van der Waals surface area contributed by atoms with E-state index in [1.807, 2.05) is 24.4 Å². The first-order chi connectivity index (χ1) is 9.17. The van der Waals surface area contributed by atoms with Crippen molar-refractivity contribution in [2.24, 2.45) is 0 Å². The van der Waals surface area contributed by atoms with Gasteiger partial charge in [-0.1, -0.05) is 0 Å². The van der Waals surface area contributed by atoms with Crippen molar-refractivity contribution in [3.05, 3.63) is 30.0 Å². The molecule has 5 heteroatoms. The van der Waals surface area contributed by atoms with E-state index in [-0.39, 0.29) is 6.42 Å². The summed E-state index contributed by atoms with van der Waals surface area (Å²) >= 11 is 0. The highest BCUT2D eigenvalue weighted by Crippen LogP contribution is 2.27. The minimum atomic E-state index is -0.814. The highest BCUT2D eigenvalue weighted by molar-refractivity contribution is 5.88. The Morgan fingerprint density at radius 3 is 3.00 bits per heavy atom. The lowest BCUT2D eigenvalue weighted by Crippen LogP contribution is -2.05. The van der Waals surface area contributed by atoms with Crippen molar-refractivity contribution >= 4 is 16.9 Å². The van der Waals surface area contributed by atoms with Crippen molar-refractivity contribution in [1.82, 2.24) is 9.88 Å². The number of aromatic nitrogens is 1. The lowest BCUT2D eigenvalue weighted by atomic mass is 10.1. The average Bonchev–Trinajstić information content (AvgIpc) is 3.14. The maximum atomic E-state index is 11.0. The molecule has 0 spiro atoms. The number of carboxylic acid groups (broad SMARTS) is 1. The third-order valence-corrected chi connectivity index (χ3v) is 3.42. The molecule has 5 nitrogen and oxygen atoms in total. The lowest BCUT2D eigenvalue weighted by Gasteiger charge is -2.04. The Bertz CT molecular complexity index is 629. The topological polar surface area (TPSA) is 73.4 Å². The Morgan fingerprint density at radius 1 is 1.58 bits per heavy atom. The second-order valence-corrected chi connectivity index (χ2v) is 4.87. The van der Waals surface area contributed by atoms with Gasteiger partial charge in [0.25, 0.3) is 0 Å². The molecule has 1 unspecified atom stereocenters. The number of hydrogen-bond donors (Lipinski definition) is 2. The maximum absolute atomic E-state index is 11.0. The van der Waals surface area contributed by atoms with Crippen molar-refractivity contribution < 1.29 is 14.6 Å². The lowest BCUT2D eigenvalue weighted by molar-refractivity contribution is -0.136. The summed E-state index contributed by atoms with van der Waals surface area (Å²) < 4.78 is 7.34. The number of carbonyl (C=O) groups is 1. The van der Waals surface area contributed by atoms with Crippen molar-refractivity contribution in [2.75, 3.05) is 13.7 Å². The van der Waals surface area contributed by atoms with Gasteiger partial charge in [-0.25, -0.2) is 0 Å². The summed E-state index contributed by atoms with van der Waals surface area (Å²) in [5.74, 6) is -0.0622.